The van der Waals surface area contributed by atoms with Gasteiger partial charge in [0.25, 0.3) is 0 Å². The minimum absolute atomic E-state index is 0.00931. The van der Waals surface area contributed by atoms with Crippen LogP contribution in [0.1, 0.15) is 36.3 Å². The molecule has 0 atom stereocenters. The highest BCUT2D eigenvalue weighted by atomic mass is 32.1. The van der Waals surface area contributed by atoms with Gasteiger partial charge < -0.3 is 19.3 Å². The van der Waals surface area contributed by atoms with E-state index < -0.39 is 0 Å². The van der Waals surface area contributed by atoms with Gasteiger partial charge in [0, 0.05) is 24.4 Å². The molecule has 0 unspecified atom stereocenters. The monoisotopic (exact) mass is 492 g/mol. The predicted octanol–water partition coefficient (Wildman–Crippen LogP) is 5.12. The van der Waals surface area contributed by atoms with Crippen LogP contribution in [0.3, 0.4) is 0 Å². The van der Waals surface area contributed by atoms with E-state index in [-0.39, 0.29) is 31.1 Å². The summed E-state index contributed by atoms with van der Waals surface area (Å²) in [6.07, 6.45) is 1.05. The Hall–Kier alpha value is -3.32. The summed E-state index contributed by atoms with van der Waals surface area (Å²) in [5, 5.41) is 2.01. The van der Waals surface area contributed by atoms with Gasteiger partial charge in [0.15, 0.2) is 11.5 Å². The van der Waals surface area contributed by atoms with Crippen molar-refractivity contribution >= 4 is 23.2 Å². The van der Waals surface area contributed by atoms with Crippen LogP contribution in [0.15, 0.2) is 66.0 Å². The van der Waals surface area contributed by atoms with Crippen LogP contribution < -0.4 is 9.47 Å². The lowest BCUT2D eigenvalue weighted by Gasteiger charge is -2.29. The maximum atomic E-state index is 13.6. The number of amides is 2. The molecule has 0 saturated heterocycles. The van der Waals surface area contributed by atoms with Gasteiger partial charge in [0.1, 0.15) is 0 Å². The maximum absolute atomic E-state index is 13.6. The highest BCUT2D eigenvalue weighted by molar-refractivity contribution is 7.09. The Bertz CT molecular complexity index is 1120. The third kappa shape index (κ3) is 7.09. The highest BCUT2D eigenvalue weighted by Crippen LogP contribution is 2.33. The van der Waals surface area contributed by atoms with E-state index in [1.165, 1.54) is 0 Å². The standard InChI is InChI=1S/C28H32N2O4S/c1-21(2)16-29(27(31)13-11-22-7-4-3-5-8-22)19-28(32)30(18-24-9-6-14-35-24)17-23-10-12-25-26(15-23)34-20-33-25/h3-10,12,14-15,21H,11,13,16-20H2,1-2H3. The summed E-state index contributed by atoms with van der Waals surface area (Å²) in [6.45, 7) is 5.90. The van der Waals surface area contributed by atoms with Crippen molar-refractivity contribution < 1.29 is 19.1 Å². The number of ether oxygens (including phenoxy) is 2. The fourth-order valence-corrected chi connectivity index (χ4v) is 4.81. The Labute approximate surface area is 211 Å². The van der Waals surface area contributed by atoms with Crippen LogP contribution in [0.4, 0.5) is 0 Å². The van der Waals surface area contributed by atoms with Crippen molar-refractivity contribution in [2.45, 2.75) is 39.8 Å². The maximum Gasteiger partial charge on any atom is 0.242 e. The summed E-state index contributed by atoms with van der Waals surface area (Å²) < 4.78 is 10.9. The normalized spacial score (nSPS) is 12.1. The minimum Gasteiger partial charge on any atom is -0.454 e. The summed E-state index contributed by atoms with van der Waals surface area (Å²) in [7, 11) is 0. The number of carbonyl (C=O) groups is 2. The number of aryl methyl sites for hydroxylation is 1. The molecule has 1 aliphatic rings. The second-order valence-corrected chi connectivity index (χ2v) is 10.2. The van der Waals surface area contributed by atoms with Gasteiger partial charge in [-0.05, 0) is 47.0 Å². The molecule has 0 radical (unpaired) electrons. The number of benzene rings is 2. The molecule has 1 aliphatic heterocycles. The molecule has 0 N–H and O–H groups in total. The molecular weight excluding hydrogens is 460 g/mol. The van der Waals surface area contributed by atoms with Crippen LogP contribution in [-0.4, -0.2) is 41.5 Å². The van der Waals surface area contributed by atoms with E-state index in [4.69, 9.17) is 9.47 Å². The second-order valence-electron chi connectivity index (χ2n) is 9.17. The molecule has 2 heterocycles. The van der Waals surface area contributed by atoms with Gasteiger partial charge in [-0.25, -0.2) is 0 Å². The van der Waals surface area contributed by atoms with E-state index in [9.17, 15) is 9.59 Å². The van der Waals surface area contributed by atoms with Gasteiger partial charge in [-0.1, -0.05) is 56.3 Å². The smallest absolute Gasteiger partial charge is 0.242 e. The Morgan fingerprint density at radius 1 is 0.886 bits per heavy atom. The molecule has 2 aromatic carbocycles. The molecule has 2 amide bonds. The number of carbonyl (C=O) groups excluding carboxylic acids is 2. The van der Waals surface area contributed by atoms with Gasteiger partial charge in [0.2, 0.25) is 18.6 Å². The molecule has 4 rings (SSSR count). The van der Waals surface area contributed by atoms with E-state index in [1.54, 1.807) is 16.2 Å². The third-order valence-corrected chi connectivity index (χ3v) is 6.69. The van der Waals surface area contributed by atoms with Crippen LogP contribution in [-0.2, 0) is 29.1 Å². The number of fused-ring (bicyclic) bond motifs is 1. The second kappa shape index (κ2) is 11.9. The van der Waals surface area contributed by atoms with Crippen LogP contribution in [0.25, 0.3) is 0 Å². The van der Waals surface area contributed by atoms with Gasteiger partial charge in [0.05, 0.1) is 13.1 Å². The first-order valence-corrected chi connectivity index (χ1v) is 12.9. The van der Waals surface area contributed by atoms with Gasteiger partial charge in [-0.15, -0.1) is 11.3 Å². The van der Waals surface area contributed by atoms with Crippen molar-refractivity contribution in [2.24, 2.45) is 5.92 Å². The fraction of sp³-hybridized carbons (Fsp3) is 0.357. The first-order valence-electron chi connectivity index (χ1n) is 12.0. The number of hydrogen-bond acceptors (Lipinski definition) is 5. The predicted molar refractivity (Wildman–Crippen MR) is 137 cm³/mol. The quantitative estimate of drug-likeness (QED) is 0.373. The molecule has 0 fully saturated rings. The molecule has 0 bridgehead atoms. The molecule has 0 aliphatic carbocycles. The van der Waals surface area contributed by atoms with Crippen LogP contribution in [0, 0.1) is 5.92 Å². The number of thiophene rings is 1. The topological polar surface area (TPSA) is 59.1 Å². The molecule has 35 heavy (non-hydrogen) atoms. The lowest BCUT2D eigenvalue weighted by Crippen LogP contribution is -2.43. The first kappa shape index (κ1) is 24.8. The lowest BCUT2D eigenvalue weighted by molar-refractivity contribution is -0.141. The van der Waals surface area contributed by atoms with Gasteiger partial charge in [-0.2, -0.15) is 0 Å². The van der Waals surface area contributed by atoms with Crippen molar-refractivity contribution in [3.8, 4) is 11.5 Å². The van der Waals surface area contributed by atoms with Crippen molar-refractivity contribution in [2.75, 3.05) is 19.9 Å². The van der Waals surface area contributed by atoms with Gasteiger partial charge >= 0.3 is 0 Å². The molecule has 1 aromatic heterocycles. The SMILES string of the molecule is CC(C)CN(CC(=O)N(Cc1ccc2c(c1)OCO2)Cc1cccs1)C(=O)CCc1ccccc1. The van der Waals surface area contributed by atoms with E-state index in [2.05, 4.69) is 13.8 Å². The third-order valence-electron chi connectivity index (χ3n) is 5.82. The number of nitrogens with zero attached hydrogens (tertiary/aromatic N) is 2. The van der Waals surface area contributed by atoms with Crippen molar-refractivity contribution in [3.05, 3.63) is 82.0 Å². The molecule has 0 saturated carbocycles. The molecule has 3 aromatic rings. The number of rotatable bonds is 11. The van der Waals surface area contributed by atoms with Crippen molar-refractivity contribution in [1.82, 2.24) is 9.80 Å². The van der Waals surface area contributed by atoms with E-state index in [1.807, 2.05) is 70.9 Å². The highest BCUT2D eigenvalue weighted by Gasteiger charge is 2.23. The van der Waals surface area contributed by atoms with E-state index >= 15 is 0 Å². The van der Waals surface area contributed by atoms with Crippen LogP contribution >= 0.6 is 11.3 Å². The van der Waals surface area contributed by atoms with Crippen molar-refractivity contribution in [1.29, 1.82) is 0 Å². The Balaban J connectivity index is 1.46. The fourth-order valence-electron chi connectivity index (χ4n) is 4.10. The molecule has 7 heteroatoms. The number of hydrogen-bond donors (Lipinski definition) is 0. The summed E-state index contributed by atoms with van der Waals surface area (Å²) in [5.41, 5.74) is 2.09. The summed E-state index contributed by atoms with van der Waals surface area (Å²) >= 11 is 1.62. The Morgan fingerprint density at radius 3 is 2.43 bits per heavy atom. The molecule has 6 nitrogen and oxygen atoms in total. The van der Waals surface area contributed by atoms with Crippen LogP contribution in [0.2, 0.25) is 0 Å². The Kier molecular flexibility index (Phi) is 8.42. The minimum atomic E-state index is -0.0650. The zero-order chi connectivity index (χ0) is 24.6. The molecular formula is C28H32N2O4S. The summed E-state index contributed by atoms with van der Waals surface area (Å²) in [4.78, 5) is 31.3. The average Bonchev–Trinajstić information content (AvgIpc) is 3.53. The first-order chi connectivity index (χ1) is 17.0. The van der Waals surface area contributed by atoms with Gasteiger partial charge in [-0.3, -0.25) is 9.59 Å². The summed E-state index contributed by atoms with van der Waals surface area (Å²) in [5.74, 6) is 1.63. The van der Waals surface area contributed by atoms with E-state index in [0.29, 0.717) is 38.2 Å². The zero-order valence-corrected chi connectivity index (χ0v) is 21.1. The Morgan fingerprint density at radius 2 is 1.69 bits per heavy atom. The van der Waals surface area contributed by atoms with Crippen molar-refractivity contribution in [3.63, 3.8) is 0 Å². The largest absolute Gasteiger partial charge is 0.454 e. The van der Waals surface area contributed by atoms with Crippen LogP contribution in [0.5, 0.6) is 11.5 Å². The molecule has 184 valence electrons. The zero-order valence-electron chi connectivity index (χ0n) is 20.3. The lowest BCUT2D eigenvalue weighted by atomic mass is 10.1. The molecule has 0 spiro atoms. The summed E-state index contributed by atoms with van der Waals surface area (Å²) in [6, 6.07) is 19.8. The van der Waals surface area contributed by atoms with E-state index in [0.717, 1.165) is 21.8 Å². The average molecular weight is 493 g/mol.